The number of likely N-dealkylation sites (N-methyl/N-ethyl adjacent to an activating group) is 1. The second-order valence-corrected chi connectivity index (χ2v) is 3.91. The van der Waals surface area contributed by atoms with Crippen LogP contribution in [0, 0.1) is 0 Å². The lowest BCUT2D eigenvalue weighted by molar-refractivity contribution is -0.130. The maximum Gasteiger partial charge on any atom is 0.246 e. The Morgan fingerprint density at radius 2 is 2.00 bits per heavy atom. The first kappa shape index (κ1) is 13.2. The van der Waals surface area contributed by atoms with Crippen LogP contribution in [-0.4, -0.2) is 36.3 Å². The average Bonchev–Trinajstić information content (AvgIpc) is 2.37. The van der Waals surface area contributed by atoms with Gasteiger partial charge in [0.25, 0.3) is 0 Å². The van der Waals surface area contributed by atoms with E-state index in [1.54, 1.807) is 18.9 Å². The zero-order chi connectivity index (χ0) is 12.8. The van der Waals surface area contributed by atoms with E-state index in [2.05, 4.69) is 4.99 Å². The van der Waals surface area contributed by atoms with Crippen molar-refractivity contribution in [2.45, 2.75) is 19.9 Å². The molecule has 1 aromatic carbocycles. The summed E-state index contributed by atoms with van der Waals surface area (Å²) in [6.07, 6.45) is 0. The van der Waals surface area contributed by atoms with Gasteiger partial charge in [-0.1, -0.05) is 30.3 Å². The summed E-state index contributed by atoms with van der Waals surface area (Å²) in [5, 5.41) is 0. The third-order valence-corrected chi connectivity index (χ3v) is 2.61. The van der Waals surface area contributed by atoms with Crippen LogP contribution in [0.4, 0.5) is 0 Å². The van der Waals surface area contributed by atoms with E-state index in [4.69, 9.17) is 5.73 Å². The minimum atomic E-state index is -0.444. The highest BCUT2D eigenvalue weighted by Crippen LogP contribution is 2.02. The fourth-order valence-corrected chi connectivity index (χ4v) is 1.42. The van der Waals surface area contributed by atoms with Crippen LogP contribution in [0.25, 0.3) is 0 Å². The van der Waals surface area contributed by atoms with Crippen molar-refractivity contribution < 1.29 is 4.79 Å². The lowest BCUT2D eigenvalue weighted by Crippen LogP contribution is -2.35. The molecular formula is C13H19N3O. The van der Waals surface area contributed by atoms with Crippen molar-refractivity contribution in [2.24, 2.45) is 10.7 Å². The maximum atomic E-state index is 11.8. The normalized spacial score (nSPS) is 13.2. The third-order valence-electron chi connectivity index (χ3n) is 2.61. The number of amides is 1. The van der Waals surface area contributed by atoms with Crippen LogP contribution < -0.4 is 5.73 Å². The number of hydrogen-bond donors (Lipinski definition) is 1. The first-order valence-electron chi connectivity index (χ1n) is 5.70. The molecule has 0 heterocycles. The monoisotopic (exact) mass is 233 g/mol. The number of carbonyl (C=O) groups excluding carboxylic acids is 1. The van der Waals surface area contributed by atoms with Gasteiger partial charge < -0.3 is 10.6 Å². The average molecular weight is 233 g/mol. The number of carbonyl (C=O) groups is 1. The zero-order valence-electron chi connectivity index (χ0n) is 10.6. The summed E-state index contributed by atoms with van der Waals surface area (Å²) in [6.45, 7) is 4.35. The first-order chi connectivity index (χ1) is 8.06. The van der Waals surface area contributed by atoms with Gasteiger partial charge in [0.05, 0.1) is 0 Å². The molecule has 0 aliphatic rings. The van der Waals surface area contributed by atoms with Gasteiger partial charge in [0.2, 0.25) is 5.91 Å². The highest BCUT2D eigenvalue weighted by Gasteiger charge is 2.15. The zero-order valence-corrected chi connectivity index (χ0v) is 10.6. The fraction of sp³-hybridized carbons (Fsp3) is 0.385. The van der Waals surface area contributed by atoms with Crippen molar-refractivity contribution in [3.05, 3.63) is 35.9 Å². The number of nitrogens with two attached hydrogens (primary N) is 1. The van der Waals surface area contributed by atoms with Gasteiger partial charge in [0, 0.05) is 19.2 Å². The molecule has 1 atom stereocenters. The van der Waals surface area contributed by atoms with Gasteiger partial charge in [0.1, 0.15) is 11.9 Å². The van der Waals surface area contributed by atoms with Gasteiger partial charge in [-0.25, -0.2) is 0 Å². The van der Waals surface area contributed by atoms with Crippen LogP contribution in [0.1, 0.15) is 19.4 Å². The summed E-state index contributed by atoms with van der Waals surface area (Å²) < 4.78 is 0. The molecular weight excluding hydrogens is 214 g/mol. The Labute approximate surface area is 102 Å². The van der Waals surface area contributed by atoms with E-state index in [9.17, 15) is 4.79 Å². The summed E-state index contributed by atoms with van der Waals surface area (Å²) >= 11 is 0. The topological polar surface area (TPSA) is 58.7 Å². The molecule has 4 nitrogen and oxygen atoms in total. The molecule has 0 saturated heterocycles. The number of nitrogens with zero attached hydrogens (tertiary/aromatic N) is 2. The minimum absolute atomic E-state index is 0.0219. The molecule has 0 aliphatic heterocycles. The van der Waals surface area contributed by atoms with Crippen molar-refractivity contribution in [2.75, 3.05) is 13.6 Å². The van der Waals surface area contributed by atoms with Crippen molar-refractivity contribution >= 4 is 11.7 Å². The maximum absolute atomic E-state index is 11.8. The number of amidine groups is 1. The van der Waals surface area contributed by atoms with E-state index in [1.807, 2.05) is 37.3 Å². The van der Waals surface area contributed by atoms with E-state index < -0.39 is 6.04 Å². The molecule has 0 aliphatic carbocycles. The predicted octanol–water partition coefficient (Wildman–Crippen LogP) is 1.26. The molecule has 4 heteroatoms. The molecule has 0 spiro atoms. The smallest absolute Gasteiger partial charge is 0.246 e. The summed E-state index contributed by atoms with van der Waals surface area (Å²) in [5.74, 6) is 0.377. The van der Waals surface area contributed by atoms with Gasteiger partial charge in [-0.05, 0) is 13.8 Å². The van der Waals surface area contributed by atoms with Crippen LogP contribution in [-0.2, 0) is 4.79 Å². The number of hydrogen-bond acceptors (Lipinski definition) is 2. The van der Waals surface area contributed by atoms with Crippen LogP contribution in [0.15, 0.2) is 35.3 Å². The van der Waals surface area contributed by atoms with E-state index in [0.717, 1.165) is 5.56 Å². The predicted molar refractivity (Wildman–Crippen MR) is 69.9 cm³/mol. The standard InChI is InChI=1S/C13H19N3O/c1-4-16(3)13(17)10(2)15-12(14)11-8-6-5-7-9-11/h5-10H,4H2,1-3H3,(H2,14,15). The van der Waals surface area contributed by atoms with Gasteiger partial charge in [0.15, 0.2) is 0 Å². The molecule has 0 fully saturated rings. The lowest BCUT2D eigenvalue weighted by Gasteiger charge is -2.17. The highest BCUT2D eigenvalue weighted by atomic mass is 16.2. The van der Waals surface area contributed by atoms with Crippen molar-refractivity contribution in [3.8, 4) is 0 Å². The lowest BCUT2D eigenvalue weighted by atomic mass is 10.2. The Morgan fingerprint density at radius 1 is 1.41 bits per heavy atom. The SMILES string of the molecule is CCN(C)C(=O)C(C)N=C(N)c1ccccc1. The molecule has 1 amide bonds. The van der Waals surface area contributed by atoms with Gasteiger partial charge in [-0.3, -0.25) is 9.79 Å². The third kappa shape index (κ3) is 3.59. The second kappa shape index (κ2) is 6.03. The van der Waals surface area contributed by atoms with E-state index in [1.165, 1.54) is 0 Å². The Bertz CT molecular complexity index is 400. The van der Waals surface area contributed by atoms with Crippen LogP contribution in [0.3, 0.4) is 0 Å². The fourth-order valence-electron chi connectivity index (χ4n) is 1.42. The van der Waals surface area contributed by atoms with Crippen molar-refractivity contribution in [3.63, 3.8) is 0 Å². The van der Waals surface area contributed by atoms with Gasteiger partial charge in [-0.15, -0.1) is 0 Å². The van der Waals surface area contributed by atoms with E-state index in [-0.39, 0.29) is 5.91 Å². The van der Waals surface area contributed by atoms with E-state index in [0.29, 0.717) is 12.4 Å². The molecule has 0 radical (unpaired) electrons. The summed E-state index contributed by atoms with van der Waals surface area (Å²) in [6, 6.07) is 9.00. The number of benzene rings is 1. The van der Waals surface area contributed by atoms with Crippen LogP contribution in [0.5, 0.6) is 0 Å². The molecule has 0 saturated carbocycles. The summed E-state index contributed by atoms with van der Waals surface area (Å²) in [7, 11) is 1.76. The van der Waals surface area contributed by atoms with Crippen molar-refractivity contribution in [1.29, 1.82) is 0 Å². The molecule has 17 heavy (non-hydrogen) atoms. The molecule has 1 rings (SSSR count). The van der Waals surface area contributed by atoms with Crippen LogP contribution in [0.2, 0.25) is 0 Å². The highest BCUT2D eigenvalue weighted by molar-refractivity contribution is 5.99. The Kier molecular flexibility index (Phi) is 4.69. The molecule has 2 N–H and O–H groups in total. The minimum Gasteiger partial charge on any atom is -0.383 e. The summed E-state index contributed by atoms with van der Waals surface area (Å²) in [5.41, 5.74) is 6.69. The van der Waals surface area contributed by atoms with Gasteiger partial charge >= 0.3 is 0 Å². The van der Waals surface area contributed by atoms with Gasteiger partial charge in [-0.2, -0.15) is 0 Å². The molecule has 0 aromatic heterocycles. The molecule has 1 aromatic rings. The van der Waals surface area contributed by atoms with Crippen LogP contribution >= 0.6 is 0 Å². The molecule has 0 bridgehead atoms. The summed E-state index contributed by atoms with van der Waals surface area (Å²) in [4.78, 5) is 17.7. The van der Waals surface area contributed by atoms with E-state index >= 15 is 0 Å². The Hall–Kier alpha value is -1.84. The molecule has 1 unspecified atom stereocenters. The second-order valence-electron chi connectivity index (χ2n) is 3.91. The number of rotatable bonds is 4. The first-order valence-corrected chi connectivity index (χ1v) is 5.70. The molecule has 92 valence electrons. The Morgan fingerprint density at radius 3 is 2.53 bits per heavy atom. The Balaban J connectivity index is 2.79. The largest absolute Gasteiger partial charge is 0.383 e. The van der Waals surface area contributed by atoms with Crippen molar-refractivity contribution in [1.82, 2.24) is 4.90 Å². The quantitative estimate of drug-likeness (QED) is 0.628. The number of aliphatic imine (C=N–C) groups is 1.